The minimum atomic E-state index is -0.551. The van der Waals surface area contributed by atoms with E-state index in [1.807, 2.05) is 0 Å². The van der Waals surface area contributed by atoms with Crippen molar-refractivity contribution in [3.8, 4) is 0 Å². The highest BCUT2D eigenvalue weighted by Crippen LogP contribution is 2.89. The van der Waals surface area contributed by atoms with E-state index in [9.17, 15) is 14.7 Å². The zero-order valence-electron chi connectivity index (χ0n) is 31.3. The van der Waals surface area contributed by atoms with Gasteiger partial charge in [0, 0.05) is 43.2 Å². The number of amides is 2. The zero-order valence-corrected chi connectivity index (χ0v) is 31.3. The average Bonchev–Trinajstić information content (AvgIpc) is 3.65. The molecule has 276 valence electrons. The maximum atomic E-state index is 13.1. The van der Waals surface area contributed by atoms with Gasteiger partial charge in [-0.05, 0) is 116 Å². The smallest absolute Gasteiger partial charge is 0.410 e. The summed E-state index contributed by atoms with van der Waals surface area (Å²) in [7, 11) is 0. The van der Waals surface area contributed by atoms with Crippen molar-refractivity contribution in [2.75, 3.05) is 26.3 Å². The van der Waals surface area contributed by atoms with Crippen LogP contribution in [-0.2, 0) is 18.9 Å². The van der Waals surface area contributed by atoms with Crippen molar-refractivity contribution < 1.29 is 33.6 Å². The van der Waals surface area contributed by atoms with Gasteiger partial charge in [0.25, 0.3) is 0 Å². The van der Waals surface area contributed by atoms with Crippen LogP contribution in [0.15, 0.2) is 0 Å². The summed E-state index contributed by atoms with van der Waals surface area (Å²) in [6.45, 7) is 19.2. The Morgan fingerprint density at radius 3 is 2.31 bits per heavy atom. The second-order valence-corrected chi connectivity index (χ2v) is 19.4. The van der Waals surface area contributed by atoms with E-state index in [2.05, 4.69) is 53.8 Å². The molecule has 5 aliphatic carbocycles. The lowest BCUT2D eigenvalue weighted by molar-refractivity contribution is -0.185. The molecule has 8 aliphatic rings. The molecule has 2 spiro atoms. The predicted molar refractivity (Wildman–Crippen MR) is 185 cm³/mol. The summed E-state index contributed by atoms with van der Waals surface area (Å²) in [6.07, 6.45) is 9.53. The Hall–Kier alpha value is -1.58. The first-order chi connectivity index (χ1) is 23.2. The van der Waals surface area contributed by atoms with E-state index in [0.29, 0.717) is 31.0 Å². The SMILES string of the molecule is CC(C)[C@@H](OC(=O)N1CCC1)C1C[C@@H](C)[C@H]2C(O1)[C@H](O)[C@@]1(C)C3CC[C@H]4C(C)(C)C(OC(=O)NC5CCOCC5)CC[C@@]45C[C@@]35CC[C@]21C. The van der Waals surface area contributed by atoms with Gasteiger partial charge in [-0.25, -0.2) is 9.59 Å². The van der Waals surface area contributed by atoms with Gasteiger partial charge in [-0.3, -0.25) is 0 Å². The Bertz CT molecular complexity index is 1310. The van der Waals surface area contributed by atoms with E-state index in [1.54, 1.807) is 4.90 Å². The monoisotopic (exact) mass is 684 g/mol. The van der Waals surface area contributed by atoms with E-state index in [1.165, 1.54) is 12.8 Å². The van der Waals surface area contributed by atoms with Gasteiger partial charge in [0.05, 0.1) is 18.3 Å². The standard InChI is InChI=1S/C40H64N2O7/c1-23(2)31(49-35(45)42-17-8-18-42)26-21-24(3)30-32(47-26)33(43)38(7)28-10-9-27-36(4,5)29(48-34(44)41-25-12-19-46-20-13-25)11-14-39(27)22-40(28,39)16-15-37(30,38)6/h23-33,43H,8-22H2,1-7H3,(H,41,44)/t24-,26?,27+,28?,29?,30+,31-,32?,33+,37-,38-,39-,40+/m1/s1. The van der Waals surface area contributed by atoms with Gasteiger partial charge >= 0.3 is 12.2 Å². The third kappa shape index (κ3) is 4.78. The molecule has 49 heavy (non-hydrogen) atoms. The highest BCUT2D eigenvalue weighted by molar-refractivity contribution is 5.69. The van der Waals surface area contributed by atoms with Gasteiger partial charge < -0.3 is 34.3 Å². The topological polar surface area (TPSA) is 107 Å². The second kappa shape index (κ2) is 11.7. The number of carbonyl (C=O) groups is 2. The predicted octanol–water partition coefficient (Wildman–Crippen LogP) is 6.94. The second-order valence-electron chi connectivity index (χ2n) is 19.4. The Morgan fingerprint density at radius 2 is 1.63 bits per heavy atom. The van der Waals surface area contributed by atoms with Crippen LogP contribution in [-0.4, -0.2) is 85.1 Å². The van der Waals surface area contributed by atoms with Crippen molar-refractivity contribution in [1.82, 2.24) is 10.2 Å². The Balaban J connectivity index is 1.01. The Labute approximate surface area is 294 Å². The van der Waals surface area contributed by atoms with Gasteiger partial charge in [-0.15, -0.1) is 0 Å². The Kier molecular flexibility index (Phi) is 8.25. The van der Waals surface area contributed by atoms with Crippen LogP contribution in [0.1, 0.15) is 119 Å². The molecule has 13 atom stereocenters. The van der Waals surface area contributed by atoms with Crippen LogP contribution in [0.3, 0.4) is 0 Å². The molecule has 9 nitrogen and oxygen atoms in total. The summed E-state index contributed by atoms with van der Waals surface area (Å²) in [5, 5.41) is 15.8. The first-order valence-electron chi connectivity index (χ1n) is 20.0. The molecule has 5 saturated carbocycles. The lowest BCUT2D eigenvalue weighted by Gasteiger charge is -2.63. The van der Waals surface area contributed by atoms with Gasteiger partial charge in [0.1, 0.15) is 12.2 Å². The summed E-state index contributed by atoms with van der Waals surface area (Å²) in [5.74, 6) is 1.73. The molecule has 0 aromatic rings. The Morgan fingerprint density at radius 1 is 0.939 bits per heavy atom. The third-order valence-electron chi connectivity index (χ3n) is 16.9. The van der Waals surface area contributed by atoms with Crippen molar-refractivity contribution >= 4 is 12.2 Å². The van der Waals surface area contributed by atoms with Crippen LogP contribution < -0.4 is 5.32 Å². The van der Waals surface area contributed by atoms with Crippen molar-refractivity contribution in [2.45, 2.75) is 156 Å². The van der Waals surface area contributed by atoms with Crippen molar-refractivity contribution in [1.29, 1.82) is 0 Å². The van der Waals surface area contributed by atoms with E-state index in [-0.39, 0.29) is 81.6 Å². The fourth-order valence-corrected chi connectivity index (χ4v) is 14.2. The highest BCUT2D eigenvalue weighted by Gasteiger charge is 2.84. The molecule has 0 bridgehead atoms. The normalized spacial score (nSPS) is 48.9. The number of aliphatic hydroxyl groups is 1. The minimum Gasteiger partial charge on any atom is -0.446 e. The van der Waals surface area contributed by atoms with Crippen LogP contribution in [0.5, 0.6) is 0 Å². The summed E-state index contributed by atoms with van der Waals surface area (Å²) in [6, 6.07) is 0.138. The van der Waals surface area contributed by atoms with Crippen molar-refractivity contribution in [3.05, 3.63) is 0 Å². The number of nitrogens with zero attached hydrogens (tertiary/aromatic N) is 1. The molecule has 3 aliphatic heterocycles. The molecule has 0 aromatic carbocycles. The van der Waals surface area contributed by atoms with Gasteiger partial charge in [0.15, 0.2) is 0 Å². The maximum Gasteiger partial charge on any atom is 0.410 e. The first-order valence-corrected chi connectivity index (χ1v) is 20.0. The molecule has 8 fully saturated rings. The number of carbonyl (C=O) groups excluding carboxylic acids is 2. The molecular formula is C40H64N2O7. The maximum absolute atomic E-state index is 13.1. The molecule has 2 amide bonds. The largest absolute Gasteiger partial charge is 0.446 e. The number of alkyl carbamates (subject to hydrolysis) is 1. The summed E-state index contributed by atoms with van der Waals surface area (Å²) in [5.41, 5.74) is 0.126. The zero-order chi connectivity index (χ0) is 34.7. The van der Waals surface area contributed by atoms with Crippen LogP contribution in [0.25, 0.3) is 0 Å². The lowest BCUT2D eigenvalue weighted by atomic mass is 9.41. The van der Waals surface area contributed by atoms with E-state index >= 15 is 0 Å². The van der Waals surface area contributed by atoms with E-state index < -0.39 is 6.10 Å². The van der Waals surface area contributed by atoms with Gasteiger partial charge in [-0.1, -0.05) is 48.5 Å². The number of aliphatic hydroxyl groups excluding tert-OH is 1. The van der Waals surface area contributed by atoms with Crippen molar-refractivity contribution in [3.63, 3.8) is 0 Å². The first kappa shape index (κ1) is 34.5. The number of fused-ring (bicyclic) bond motifs is 4. The molecule has 0 aromatic heterocycles. The van der Waals surface area contributed by atoms with Gasteiger partial charge in [-0.2, -0.15) is 0 Å². The summed E-state index contributed by atoms with van der Waals surface area (Å²) in [4.78, 5) is 27.8. The van der Waals surface area contributed by atoms with E-state index in [4.69, 9.17) is 18.9 Å². The van der Waals surface area contributed by atoms with Crippen LogP contribution >= 0.6 is 0 Å². The number of hydrogen-bond acceptors (Lipinski definition) is 7. The molecule has 3 saturated heterocycles. The molecule has 4 unspecified atom stereocenters. The fourth-order valence-electron chi connectivity index (χ4n) is 14.2. The average molecular weight is 685 g/mol. The molecule has 9 heteroatoms. The van der Waals surface area contributed by atoms with Gasteiger partial charge in [0.2, 0.25) is 0 Å². The van der Waals surface area contributed by atoms with Crippen LogP contribution in [0, 0.1) is 56.7 Å². The molecule has 2 N–H and O–H groups in total. The number of likely N-dealkylation sites (tertiary alicyclic amines) is 1. The number of ether oxygens (including phenoxy) is 4. The number of hydrogen-bond donors (Lipinski definition) is 2. The molecule has 0 radical (unpaired) electrons. The quantitative estimate of drug-likeness (QED) is 0.323. The molecular weight excluding hydrogens is 620 g/mol. The molecule has 8 rings (SSSR count). The fraction of sp³-hybridized carbons (Fsp3) is 0.950. The van der Waals surface area contributed by atoms with E-state index in [0.717, 1.165) is 70.9 Å². The van der Waals surface area contributed by atoms with Crippen LogP contribution in [0.4, 0.5) is 9.59 Å². The lowest BCUT2D eigenvalue weighted by Crippen LogP contribution is -2.60. The molecule has 3 heterocycles. The minimum absolute atomic E-state index is 0.0201. The third-order valence-corrected chi connectivity index (χ3v) is 16.9. The summed E-state index contributed by atoms with van der Waals surface area (Å²) < 4.78 is 24.9. The number of rotatable bonds is 5. The van der Waals surface area contributed by atoms with Crippen molar-refractivity contribution in [2.24, 2.45) is 56.7 Å². The summed E-state index contributed by atoms with van der Waals surface area (Å²) >= 11 is 0. The number of nitrogens with one attached hydrogen (secondary N) is 1. The van der Waals surface area contributed by atoms with Crippen LogP contribution in [0.2, 0.25) is 0 Å². The highest BCUT2D eigenvalue weighted by atomic mass is 16.6.